The third kappa shape index (κ3) is 13.6. The Morgan fingerprint density at radius 3 is 2.11 bits per heavy atom. The maximum atomic E-state index is 15.0. The van der Waals surface area contributed by atoms with Gasteiger partial charge in [-0.25, -0.2) is 13.6 Å². The summed E-state index contributed by atoms with van der Waals surface area (Å²) in [6, 6.07) is 13.0. The lowest BCUT2D eigenvalue weighted by molar-refractivity contribution is -0.192. The van der Waals surface area contributed by atoms with E-state index in [1.54, 1.807) is 12.3 Å². The lowest BCUT2D eigenvalue weighted by Gasteiger charge is -2.41. The number of aliphatic carboxylic acids is 1. The summed E-state index contributed by atoms with van der Waals surface area (Å²) in [5.74, 6) is -5.45. The van der Waals surface area contributed by atoms with Crippen LogP contribution >= 0.6 is 0 Å². The van der Waals surface area contributed by atoms with Gasteiger partial charge in [-0.05, 0) is 54.5 Å². The molecule has 3 aromatic rings. The first-order valence-corrected chi connectivity index (χ1v) is 18.2. The molecule has 0 aliphatic carbocycles. The molecule has 0 fully saturated rings. The number of rotatable bonds is 17. The molecular formula is C40H48F5N5O7. The predicted molar refractivity (Wildman–Crippen MR) is 200 cm³/mol. The molecule has 2 heterocycles. The summed E-state index contributed by atoms with van der Waals surface area (Å²) < 4.78 is 62.9. The number of nitrogens with zero attached hydrogens (tertiary/aromatic N) is 3. The zero-order valence-corrected chi connectivity index (χ0v) is 31.9. The molecule has 1 aliphatic heterocycles. The van der Waals surface area contributed by atoms with Crippen molar-refractivity contribution in [3.05, 3.63) is 95.8 Å². The first-order chi connectivity index (χ1) is 26.7. The number of amides is 4. The maximum absolute atomic E-state index is 15.0. The first-order valence-electron chi connectivity index (χ1n) is 18.2. The summed E-state index contributed by atoms with van der Waals surface area (Å²) in [6.07, 6.45) is 2.22. The van der Waals surface area contributed by atoms with E-state index in [4.69, 9.17) is 15.6 Å². The van der Waals surface area contributed by atoms with Gasteiger partial charge in [-0.2, -0.15) is 13.2 Å². The minimum absolute atomic E-state index is 0.0545. The van der Waals surface area contributed by atoms with Gasteiger partial charge in [0.05, 0.1) is 12.1 Å². The minimum atomic E-state index is -5.08. The van der Waals surface area contributed by atoms with E-state index < -0.39 is 53.8 Å². The fourth-order valence-corrected chi connectivity index (χ4v) is 6.25. The lowest BCUT2D eigenvalue weighted by Crippen LogP contribution is -2.47. The van der Waals surface area contributed by atoms with E-state index >= 15 is 0 Å². The van der Waals surface area contributed by atoms with Crippen molar-refractivity contribution >= 4 is 29.6 Å². The quantitative estimate of drug-likeness (QED) is 0.0804. The summed E-state index contributed by atoms with van der Waals surface area (Å²) in [5.41, 5.74) is 7.80. The zero-order chi connectivity index (χ0) is 42.5. The Balaban J connectivity index is 0.00000113. The standard InChI is InChI=1S/C38H47F2N5O5.C2HF3O2/c1-38(2,3)36(32-21-27(29-22-28(39)13-14-30(29)40)24-43(32)23-26-11-7-6-8-12-26)45(35(49)25-46)20-17-31(41)37(50)42-18-9-4-5-10-19-44-33(47)15-16-34(44)48;3-2(4,5)1(6)7/h6-8,11-16,21-22,24,31,36,46H,4-5,9-10,17-20,23,25,41H2,1-3H3,(H,42,50);(H,6,7)/t31-,36-;/m0./s1. The van der Waals surface area contributed by atoms with Crippen LogP contribution in [0.4, 0.5) is 22.0 Å². The molecule has 0 unspecified atom stereocenters. The lowest BCUT2D eigenvalue weighted by atomic mass is 9.82. The Kier molecular flexibility index (Phi) is 16.7. The molecule has 4 rings (SSSR count). The Morgan fingerprint density at radius 2 is 1.53 bits per heavy atom. The van der Waals surface area contributed by atoms with Crippen LogP contribution in [0, 0.1) is 17.0 Å². The molecule has 2 aromatic carbocycles. The largest absolute Gasteiger partial charge is 0.490 e. The molecule has 0 bridgehead atoms. The van der Waals surface area contributed by atoms with Crippen LogP contribution in [0.15, 0.2) is 72.9 Å². The summed E-state index contributed by atoms with van der Waals surface area (Å²) in [6.45, 7) is 6.27. The normalized spacial score (nSPS) is 13.9. The Morgan fingerprint density at radius 1 is 0.912 bits per heavy atom. The number of alkyl halides is 3. The van der Waals surface area contributed by atoms with Crippen LogP contribution in [-0.4, -0.2) is 92.6 Å². The number of carbonyl (C=O) groups excluding carboxylic acids is 4. The maximum Gasteiger partial charge on any atom is 0.490 e. The molecule has 1 aromatic heterocycles. The number of aromatic nitrogens is 1. The molecular weight excluding hydrogens is 757 g/mol. The second kappa shape index (κ2) is 20.7. The van der Waals surface area contributed by atoms with Gasteiger partial charge >= 0.3 is 12.1 Å². The number of hydrogen-bond donors (Lipinski definition) is 4. The van der Waals surface area contributed by atoms with Crippen LogP contribution in [0.2, 0.25) is 0 Å². The summed E-state index contributed by atoms with van der Waals surface area (Å²) in [7, 11) is 0. The number of nitrogens with one attached hydrogen (secondary N) is 1. The van der Waals surface area contributed by atoms with Gasteiger partial charge in [0.25, 0.3) is 11.8 Å². The number of imide groups is 1. The highest BCUT2D eigenvalue weighted by Crippen LogP contribution is 2.41. The van der Waals surface area contributed by atoms with Gasteiger partial charge in [0, 0.05) is 61.3 Å². The number of benzene rings is 2. The highest BCUT2D eigenvalue weighted by atomic mass is 19.4. The van der Waals surface area contributed by atoms with Gasteiger partial charge < -0.3 is 30.7 Å². The van der Waals surface area contributed by atoms with Crippen molar-refractivity contribution in [3.63, 3.8) is 0 Å². The van der Waals surface area contributed by atoms with E-state index in [1.807, 2.05) is 55.7 Å². The van der Waals surface area contributed by atoms with Crippen molar-refractivity contribution in [2.75, 3.05) is 26.2 Å². The fraction of sp³-hybridized carbons (Fsp3) is 0.425. The highest BCUT2D eigenvalue weighted by molar-refractivity contribution is 6.12. The van der Waals surface area contributed by atoms with E-state index in [0.29, 0.717) is 43.7 Å². The monoisotopic (exact) mass is 805 g/mol. The molecule has 0 saturated heterocycles. The summed E-state index contributed by atoms with van der Waals surface area (Å²) in [5, 5.41) is 20.0. The Bertz CT molecular complexity index is 1870. The fourth-order valence-electron chi connectivity index (χ4n) is 6.25. The van der Waals surface area contributed by atoms with Gasteiger partial charge in [0.15, 0.2) is 0 Å². The van der Waals surface area contributed by atoms with E-state index in [9.17, 15) is 46.2 Å². The number of hydrogen-bond acceptors (Lipinski definition) is 7. The van der Waals surface area contributed by atoms with Gasteiger partial charge in [-0.1, -0.05) is 63.9 Å². The zero-order valence-electron chi connectivity index (χ0n) is 31.9. The SMILES string of the molecule is CC(C)(C)[C@H](c1cc(-c2cc(F)ccc2F)cn1Cc1ccccc1)N(CC[C@H](N)C(=O)NCCCCCCN1C(=O)C=CC1=O)C(=O)CO.O=C(O)C(F)(F)F. The molecule has 4 amide bonds. The number of carboxylic acid groups (broad SMARTS) is 1. The van der Waals surface area contributed by atoms with E-state index in [-0.39, 0.29) is 36.3 Å². The predicted octanol–water partition coefficient (Wildman–Crippen LogP) is 5.34. The molecule has 0 saturated carbocycles. The van der Waals surface area contributed by atoms with Crippen LogP contribution < -0.4 is 11.1 Å². The number of nitrogens with two attached hydrogens (primary N) is 1. The van der Waals surface area contributed by atoms with Crippen molar-refractivity contribution in [2.24, 2.45) is 11.1 Å². The van der Waals surface area contributed by atoms with Crippen LogP contribution in [0.1, 0.15) is 70.2 Å². The number of unbranched alkanes of at least 4 members (excludes halogenated alkanes) is 3. The number of carbonyl (C=O) groups is 5. The Hall–Kier alpha value is -5.42. The molecule has 310 valence electrons. The van der Waals surface area contributed by atoms with E-state index in [0.717, 1.165) is 36.6 Å². The second-order valence-electron chi connectivity index (χ2n) is 14.5. The van der Waals surface area contributed by atoms with Crippen molar-refractivity contribution in [2.45, 2.75) is 77.7 Å². The van der Waals surface area contributed by atoms with Crippen LogP contribution in [0.3, 0.4) is 0 Å². The molecule has 2 atom stereocenters. The van der Waals surface area contributed by atoms with Gasteiger partial charge in [-0.15, -0.1) is 0 Å². The van der Waals surface area contributed by atoms with Gasteiger partial charge in [0.1, 0.15) is 18.2 Å². The average Bonchev–Trinajstić information content (AvgIpc) is 3.70. The average molecular weight is 806 g/mol. The van der Waals surface area contributed by atoms with Crippen molar-refractivity contribution < 1.29 is 56.1 Å². The van der Waals surface area contributed by atoms with Crippen LogP contribution in [-0.2, 0) is 30.5 Å². The van der Waals surface area contributed by atoms with Gasteiger partial charge in [-0.3, -0.25) is 24.1 Å². The third-order valence-corrected chi connectivity index (χ3v) is 9.00. The van der Waals surface area contributed by atoms with Crippen molar-refractivity contribution in [1.29, 1.82) is 0 Å². The molecule has 57 heavy (non-hydrogen) atoms. The Labute approximate surface area is 327 Å². The smallest absolute Gasteiger partial charge is 0.475 e. The molecule has 1 aliphatic rings. The number of aliphatic hydroxyl groups is 1. The van der Waals surface area contributed by atoms with Crippen molar-refractivity contribution in [1.82, 2.24) is 19.7 Å². The molecule has 0 radical (unpaired) electrons. The number of aliphatic hydroxyl groups excluding tert-OH is 1. The first kappa shape index (κ1) is 46.0. The minimum Gasteiger partial charge on any atom is -0.475 e. The second-order valence-corrected chi connectivity index (χ2v) is 14.5. The number of halogens is 5. The van der Waals surface area contributed by atoms with Crippen LogP contribution in [0.25, 0.3) is 11.1 Å². The third-order valence-electron chi connectivity index (χ3n) is 9.00. The summed E-state index contributed by atoms with van der Waals surface area (Å²) >= 11 is 0. The summed E-state index contributed by atoms with van der Waals surface area (Å²) in [4.78, 5) is 61.2. The molecule has 0 spiro atoms. The van der Waals surface area contributed by atoms with Crippen LogP contribution in [0.5, 0.6) is 0 Å². The van der Waals surface area contributed by atoms with E-state index in [1.165, 1.54) is 22.0 Å². The molecule has 17 heteroatoms. The molecule has 12 nitrogen and oxygen atoms in total. The molecule has 5 N–H and O–H groups in total. The van der Waals surface area contributed by atoms with Crippen molar-refractivity contribution in [3.8, 4) is 11.1 Å². The topological polar surface area (TPSA) is 175 Å². The highest BCUT2D eigenvalue weighted by Gasteiger charge is 2.39. The van der Waals surface area contributed by atoms with E-state index in [2.05, 4.69) is 5.32 Å². The van der Waals surface area contributed by atoms with Gasteiger partial charge in [0.2, 0.25) is 11.8 Å². The number of carboxylic acids is 1.